The first kappa shape index (κ1) is 44.8. The van der Waals surface area contributed by atoms with Crippen molar-refractivity contribution in [3.63, 3.8) is 0 Å². The molecule has 2 aliphatic rings. The number of hydrogen-bond acceptors (Lipinski definition) is 8. The highest BCUT2D eigenvalue weighted by Gasteiger charge is 2.20. The maximum Gasteiger partial charge on any atom is 0.125 e. The summed E-state index contributed by atoms with van der Waals surface area (Å²) >= 11 is 0. The molecule has 2 saturated heterocycles. The van der Waals surface area contributed by atoms with Gasteiger partial charge in [0.1, 0.15) is 11.7 Å². The average Bonchev–Trinajstić information content (AvgIpc) is 3.25. The van der Waals surface area contributed by atoms with E-state index in [4.69, 9.17) is 21.5 Å². The van der Waals surface area contributed by atoms with Crippen LogP contribution in [-0.2, 0) is 6.54 Å². The van der Waals surface area contributed by atoms with E-state index in [9.17, 15) is 0 Å². The van der Waals surface area contributed by atoms with E-state index in [0.717, 1.165) is 93.4 Å². The molecule has 5 rings (SSSR count). The van der Waals surface area contributed by atoms with Gasteiger partial charge in [-0.25, -0.2) is 5.01 Å². The third-order valence-electron chi connectivity index (χ3n) is 11.7. The molecule has 0 amide bonds. The molecule has 11 heteroatoms. The molecule has 0 unspecified atom stereocenters. The number of likely N-dealkylation sites (N-methyl/N-ethyl adjacent to an activating group) is 1. The number of likely N-dealkylation sites (tertiary alicyclic amines) is 2. The fourth-order valence-electron chi connectivity index (χ4n) is 7.51. The summed E-state index contributed by atoms with van der Waals surface area (Å²) in [6.45, 7) is 14.2. The van der Waals surface area contributed by atoms with Crippen LogP contribution in [-0.4, -0.2) is 107 Å². The van der Waals surface area contributed by atoms with Gasteiger partial charge >= 0.3 is 0 Å². The number of nitrogens with two attached hydrogens (primary N) is 2. The molecule has 0 saturated carbocycles. The summed E-state index contributed by atoms with van der Waals surface area (Å²) in [5.41, 5.74) is 21.2. The zero-order valence-corrected chi connectivity index (χ0v) is 36.6. The maximum absolute atomic E-state index is 6.40. The van der Waals surface area contributed by atoms with Crippen molar-refractivity contribution in [3.8, 4) is 0 Å². The minimum Gasteiger partial charge on any atom is -0.384 e. The number of allylic oxidation sites excluding steroid dienone is 2. The molecular weight excluding hydrogens is 731 g/mol. The second-order valence-corrected chi connectivity index (χ2v) is 16.5. The van der Waals surface area contributed by atoms with Gasteiger partial charge in [0, 0.05) is 83.9 Å². The molecule has 3 aromatic carbocycles. The van der Waals surface area contributed by atoms with Gasteiger partial charge in [0.05, 0.1) is 11.4 Å². The molecule has 59 heavy (non-hydrogen) atoms. The van der Waals surface area contributed by atoms with E-state index in [1.165, 1.54) is 42.5 Å². The Hall–Kier alpha value is -5.26. The Labute approximate surface area is 354 Å². The lowest BCUT2D eigenvalue weighted by Gasteiger charge is -2.32. The van der Waals surface area contributed by atoms with Gasteiger partial charge in [-0.2, -0.15) is 0 Å². The van der Waals surface area contributed by atoms with Crippen molar-refractivity contribution in [2.45, 2.75) is 52.0 Å². The Balaban J connectivity index is 0.984. The molecule has 316 valence electrons. The summed E-state index contributed by atoms with van der Waals surface area (Å²) in [5.74, 6) is 2.51. The van der Waals surface area contributed by atoms with Crippen LogP contribution in [0.2, 0.25) is 0 Å². The number of piperidine rings is 2. The predicted octanol–water partition coefficient (Wildman–Crippen LogP) is 8.28. The summed E-state index contributed by atoms with van der Waals surface area (Å²) < 4.78 is 0. The van der Waals surface area contributed by atoms with E-state index in [0.29, 0.717) is 23.5 Å². The van der Waals surface area contributed by atoms with E-state index < -0.39 is 0 Å². The van der Waals surface area contributed by atoms with Crippen molar-refractivity contribution in [3.05, 3.63) is 126 Å². The van der Waals surface area contributed by atoms with Crippen molar-refractivity contribution in [1.29, 1.82) is 0 Å². The summed E-state index contributed by atoms with van der Waals surface area (Å²) in [6, 6.07) is 24.6. The van der Waals surface area contributed by atoms with E-state index in [-0.39, 0.29) is 0 Å². The Morgan fingerprint density at radius 2 is 1.20 bits per heavy atom. The lowest BCUT2D eigenvalue weighted by atomic mass is 9.93. The fraction of sp³-hybridized carbons (Fsp3) is 0.458. The molecule has 11 nitrogen and oxygen atoms in total. The summed E-state index contributed by atoms with van der Waals surface area (Å²) in [5, 5.41) is 10.6. The Bertz CT molecular complexity index is 1890. The molecule has 0 spiro atoms. The van der Waals surface area contributed by atoms with Crippen LogP contribution in [0.4, 0.5) is 17.1 Å². The van der Waals surface area contributed by atoms with Crippen molar-refractivity contribution in [1.82, 2.24) is 14.7 Å². The first-order chi connectivity index (χ1) is 28.5. The molecule has 0 aromatic heterocycles. The molecular formula is C48H69N11. The number of aliphatic imine (C=N–C) groups is 2. The normalized spacial score (nSPS) is 16.9. The summed E-state index contributed by atoms with van der Waals surface area (Å²) in [7, 11) is 10.1. The molecule has 0 atom stereocenters. The minimum absolute atomic E-state index is 0.564. The average molecular weight is 800 g/mol. The lowest BCUT2D eigenvalue weighted by Crippen LogP contribution is -2.35. The topological polar surface area (TPSA) is 118 Å². The van der Waals surface area contributed by atoms with E-state index in [2.05, 4.69) is 95.1 Å². The van der Waals surface area contributed by atoms with Gasteiger partial charge in [0.25, 0.3) is 0 Å². The third-order valence-corrected chi connectivity index (χ3v) is 11.7. The molecule has 2 fully saturated rings. The van der Waals surface area contributed by atoms with Gasteiger partial charge in [-0.1, -0.05) is 36.1 Å². The lowest BCUT2D eigenvalue weighted by molar-refractivity contribution is 0.173. The van der Waals surface area contributed by atoms with Gasteiger partial charge in [-0.05, 0) is 161 Å². The van der Waals surface area contributed by atoms with Gasteiger partial charge in [0.2, 0.25) is 0 Å². The van der Waals surface area contributed by atoms with Gasteiger partial charge in [-0.15, -0.1) is 5.11 Å². The largest absolute Gasteiger partial charge is 0.384 e. The van der Waals surface area contributed by atoms with Crippen LogP contribution in [0.15, 0.2) is 129 Å². The van der Waals surface area contributed by atoms with E-state index >= 15 is 0 Å². The monoisotopic (exact) mass is 800 g/mol. The van der Waals surface area contributed by atoms with Crippen molar-refractivity contribution in [2.75, 3.05) is 91.0 Å². The number of nitrogens with zero attached hydrogens (tertiary/aromatic N) is 9. The number of anilines is 2. The standard InChI is InChI=1S/C48H69N11/c1-8-38(10-9-37(2)55(3)4)35-58-31-25-39(26-32-58)23-29-51-47(49)42-13-17-44(18-14-42)53-54-57(7)46-21-15-43(16-22-46)48(50)52-30-24-40-27-33-59(34-28-40)36-41-11-19-45(20-12-41)56(5)6/h8-22,39-40H,2,23-36H2,1,3-7H3,(H2,49,51)(H2,50,52)/b10-9-,38-8+,54-53?. The molecule has 4 N–H and O–H groups in total. The number of rotatable bonds is 19. The fourth-order valence-corrected chi connectivity index (χ4v) is 7.51. The molecule has 2 aliphatic heterocycles. The number of benzene rings is 3. The Morgan fingerprint density at radius 3 is 1.71 bits per heavy atom. The van der Waals surface area contributed by atoms with Crippen LogP contribution in [0.1, 0.15) is 62.1 Å². The Kier molecular flexibility index (Phi) is 17.3. The quantitative estimate of drug-likeness (QED) is 0.0412. The minimum atomic E-state index is 0.564. The number of amidine groups is 2. The zero-order chi connectivity index (χ0) is 42.1. The summed E-state index contributed by atoms with van der Waals surface area (Å²) in [4.78, 5) is 18.7. The second-order valence-electron chi connectivity index (χ2n) is 16.5. The van der Waals surface area contributed by atoms with Gasteiger partial charge in [-0.3, -0.25) is 19.8 Å². The highest BCUT2D eigenvalue weighted by atomic mass is 15.5. The Morgan fingerprint density at radius 1 is 0.695 bits per heavy atom. The first-order valence-corrected chi connectivity index (χ1v) is 21.3. The molecule has 0 bridgehead atoms. The van der Waals surface area contributed by atoms with Crippen LogP contribution >= 0.6 is 0 Å². The SMILES string of the molecule is C=C(/C=C\C(=C/C)CN1CCC(CCN=C(N)c2ccc(N=NN(C)c3ccc(C(N)=NCCC4CCN(Cc5ccc(N(C)C)cc5)CC4)cc3)cc2)CC1)N(C)C. The van der Waals surface area contributed by atoms with Crippen molar-refractivity contribution in [2.24, 2.45) is 43.6 Å². The number of hydrogen-bond donors (Lipinski definition) is 2. The second kappa shape index (κ2) is 22.8. The van der Waals surface area contributed by atoms with E-state index in [1.807, 2.05) is 74.6 Å². The van der Waals surface area contributed by atoms with Gasteiger partial charge in [0.15, 0.2) is 0 Å². The third kappa shape index (κ3) is 14.5. The maximum atomic E-state index is 6.40. The molecule has 0 radical (unpaired) electrons. The van der Waals surface area contributed by atoms with Crippen LogP contribution in [0.3, 0.4) is 0 Å². The van der Waals surface area contributed by atoms with Crippen molar-refractivity contribution < 1.29 is 0 Å². The smallest absolute Gasteiger partial charge is 0.125 e. The van der Waals surface area contributed by atoms with Crippen molar-refractivity contribution >= 4 is 28.7 Å². The summed E-state index contributed by atoms with van der Waals surface area (Å²) in [6.07, 6.45) is 13.4. The van der Waals surface area contributed by atoms with Crippen LogP contribution < -0.4 is 21.4 Å². The van der Waals surface area contributed by atoms with Crippen LogP contribution in [0, 0.1) is 11.8 Å². The van der Waals surface area contributed by atoms with E-state index in [1.54, 1.807) is 5.01 Å². The molecule has 0 aliphatic carbocycles. The van der Waals surface area contributed by atoms with Gasteiger partial charge < -0.3 is 21.3 Å². The zero-order valence-electron chi connectivity index (χ0n) is 36.6. The predicted molar refractivity (Wildman–Crippen MR) is 250 cm³/mol. The molecule has 3 aromatic rings. The first-order valence-electron chi connectivity index (χ1n) is 21.3. The highest BCUT2D eigenvalue weighted by molar-refractivity contribution is 5.98. The highest BCUT2D eigenvalue weighted by Crippen LogP contribution is 2.24. The molecule has 2 heterocycles. The van der Waals surface area contributed by atoms with Crippen LogP contribution in [0.5, 0.6) is 0 Å². The van der Waals surface area contributed by atoms with Crippen LogP contribution in [0.25, 0.3) is 0 Å².